The normalized spacial score (nSPS) is 17.4. The summed E-state index contributed by atoms with van der Waals surface area (Å²) in [6.45, 7) is 4.15. The molecule has 0 aliphatic carbocycles. The van der Waals surface area contributed by atoms with Gasteiger partial charge in [0.05, 0.1) is 35.2 Å². The molecule has 0 unspecified atom stereocenters. The molecule has 6 rings (SSSR count). The number of rotatable bonds is 5. The number of para-hydroxylation sites is 1. The number of likely N-dealkylation sites (N-methyl/N-ethyl adjacent to an activating group) is 1. The van der Waals surface area contributed by atoms with Crippen molar-refractivity contribution < 1.29 is 18.7 Å². The van der Waals surface area contributed by atoms with E-state index in [0.29, 0.717) is 39.3 Å². The summed E-state index contributed by atoms with van der Waals surface area (Å²) >= 11 is 1.11. The summed E-state index contributed by atoms with van der Waals surface area (Å²) in [6, 6.07) is 21.2. The Morgan fingerprint density at radius 3 is 2.38 bits per heavy atom. The zero-order valence-corrected chi connectivity index (χ0v) is 22.6. The third kappa shape index (κ3) is 4.01. The first-order valence-corrected chi connectivity index (χ1v) is 13.7. The van der Waals surface area contributed by atoms with E-state index in [2.05, 4.69) is 0 Å². The van der Waals surface area contributed by atoms with Gasteiger partial charge in [-0.1, -0.05) is 72.0 Å². The molecule has 2 aliphatic heterocycles. The van der Waals surface area contributed by atoms with Crippen LogP contribution in [0.4, 0.5) is 10.1 Å². The lowest BCUT2D eigenvalue weighted by molar-refractivity contribution is -0.138. The fourth-order valence-corrected chi connectivity index (χ4v) is 6.36. The van der Waals surface area contributed by atoms with E-state index in [0.717, 1.165) is 17.0 Å². The van der Waals surface area contributed by atoms with Crippen molar-refractivity contribution in [3.63, 3.8) is 0 Å². The van der Waals surface area contributed by atoms with E-state index in [4.69, 9.17) is 9.73 Å². The maximum absolute atomic E-state index is 14.2. The Morgan fingerprint density at radius 2 is 1.68 bits per heavy atom. The van der Waals surface area contributed by atoms with Crippen molar-refractivity contribution in [1.82, 2.24) is 4.57 Å². The van der Waals surface area contributed by atoms with Crippen LogP contribution in [0.25, 0.3) is 11.3 Å². The molecular formula is C31H24FN3O4S. The summed E-state index contributed by atoms with van der Waals surface area (Å²) in [4.78, 5) is 48.1. The molecular weight excluding hydrogens is 529 g/mol. The number of carbonyl (C=O) groups is 2. The van der Waals surface area contributed by atoms with E-state index in [1.807, 2.05) is 61.5 Å². The third-order valence-electron chi connectivity index (χ3n) is 7.00. The van der Waals surface area contributed by atoms with Crippen LogP contribution in [-0.2, 0) is 14.3 Å². The molecule has 40 heavy (non-hydrogen) atoms. The zero-order valence-electron chi connectivity index (χ0n) is 21.8. The fraction of sp³-hybridized carbons (Fsp3) is 0.161. The van der Waals surface area contributed by atoms with Gasteiger partial charge in [0.15, 0.2) is 4.80 Å². The molecule has 0 fully saturated rings. The van der Waals surface area contributed by atoms with Crippen LogP contribution in [0.2, 0.25) is 0 Å². The minimum atomic E-state index is -0.950. The van der Waals surface area contributed by atoms with Crippen molar-refractivity contribution in [1.29, 1.82) is 0 Å². The number of aromatic nitrogens is 1. The second-order valence-electron chi connectivity index (χ2n) is 9.25. The number of ether oxygens (including phenoxy) is 1. The molecule has 3 aromatic carbocycles. The topological polar surface area (TPSA) is 81.0 Å². The van der Waals surface area contributed by atoms with Crippen LogP contribution in [-0.4, -0.2) is 29.6 Å². The van der Waals surface area contributed by atoms with Gasteiger partial charge in [-0.15, -0.1) is 0 Å². The van der Waals surface area contributed by atoms with Crippen LogP contribution in [0.3, 0.4) is 0 Å². The molecule has 1 amide bonds. The number of anilines is 1. The number of benzene rings is 3. The predicted molar refractivity (Wildman–Crippen MR) is 151 cm³/mol. The first-order chi connectivity index (χ1) is 19.4. The smallest absolute Gasteiger partial charge is 0.338 e. The average Bonchev–Trinajstić information content (AvgIpc) is 3.45. The van der Waals surface area contributed by atoms with Gasteiger partial charge in [-0.05, 0) is 37.6 Å². The molecule has 1 atom stereocenters. The fourth-order valence-electron chi connectivity index (χ4n) is 5.26. The average molecular weight is 554 g/mol. The number of nitrogens with zero attached hydrogens (tertiary/aromatic N) is 3. The molecule has 0 spiro atoms. The molecule has 2 aliphatic rings. The summed E-state index contributed by atoms with van der Waals surface area (Å²) in [6.07, 6.45) is 0. The number of amides is 1. The molecule has 0 bridgehead atoms. The molecule has 1 aromatic heterocycles. The van der Waals surface area contributed by atoms with Gasteiger partial charge in [0.25, 0.3) is 11.5 Å². The van der Waals surface area contributed by atoms with Gasteiger partial charge in [-0.3, -0.25) is 14.2 Å². The molecule has 0 N–H and O–H groups in total. The van der Waals surface area contributed by atoms with Gasteiger partial charge in [0.1, 0.15) is 10.3 Å². The van der Waals surface area contributed by atoms with Crippen LogP contribution in [0.1, 0.15) is 36.6 Å². The van der Waals surface area contributed by atoms with E-state index in [9.17, 15) is 18.8 Å². The molecule has 7 nitrogen and oxygen atoms in total. The summed E-state index contributed by atoms with van der Waals surface area (Å²) in [5.74, 6) is -1.34. The zero-order chi connectivity index (χ0) is 28.0. The van der Waals surface area contributed by atoms with Crippen LogP contribution in [0.5, 0.6) is 0 Å². The van der Waals surface area contributed by atoms with E-state index in [-0.39, 0.29) is 22.6 Å². The number of halogens is 1. The Balaban J connectivity index is 1.72. The van der Waals surface area contributed by atoms with Crippen molar-refractivity contribution in [2.75, 3.05) is 18.1 Å². The quantitative estimate of drug-likeness (QED) is 0.352. The predicted octanol–water partition coefficient (Wildman–Crippen LogP) is 3.81. The SMILES string of the molecule is CCOC(=O)C1=C(c2ccccc2)N=c2s/c(=C3/C(=O)N(CC)c4ccccc43)c(=O)n2[C@H]1c1ccc(F)cc1. The number of fused-ring (bicyclic) bond motifs is 2. The Kier molecular flexibility index (Phi) is 6.51. The number of carbonyl (C=O) groups excluding carboxylic acids is 2. The van der Waals surface area contributed by atoms with E-state index < -0.39 is 23.4 Å². The van der Waals surface area contributed by atoms with Crippen LogP contribution >= 0.6 is 11.3 Å². The van der Waals surface area contributed by atoms with Crippen molar-refractivity contribution in [3.8, 4) is 0 Å². The highest BCUT2D eigenvalue weighted by Crippen LogP contribution is 2.37. The third-order valence-corrected chi connectivity index (χ3v) is 8.05. The van der Waals surface area contributed by atoms with Gasteiger partial charge in [-0.25, -0.2) is 14.2 Å². The van der Waals surface area contributed by atoms with E-state index in [1.165, 1.54) is 16.7 Å². The minimum Gasteiger partial charge on any atom is -0.463 e. The van der Waals surface area contributed by atoms with Gasteiger partial charge in [0, 0.05) is 17.7 Å². The number of esters is 1. The number of hydrogen-bond acceptors (Lipinski definition) is 6. The molecule has 0 radical (unpaired) electrons. The first kappa shape index (κ1) is 25.6. The molecule has 0 saturated carbocycles. The van der Waals surface area contributed by atoms with E-state index >= 15 is 0 Å². The van der Waals surface area contributed by atoms with Crippen LogP contribution in [0, 0.1) is 5.82 Å². The number of thiazole rings is 1. The molecule has 200 valence electrons. The highest BCUT2D eigenvalue weighted by atomic mass is 32.1. The lowest BCUT2D eigenvalue weighted by Crippen LogP contribution is -2.41. The molecule has 9 heteroatoms. The molecule has 4 aromatic rings. The lowest BCUT2D eigenvalue weighted by Gasteiger charge is -2.25. The van der Waals surface area contributed by atoms with E-state index in [1.54, 1.807) is 24.0 Å². The van der Waals surface area contributed by atoms with Gasteiger partial charge >= 0.3 is 5.97 Å². The second kappa shape index (κ2) is 10.2. The van der Waals surface area contributed by atoms with Crippen LogP contribution in [0.15, 0.2) is 94.2 Å². The minimum absolute atomic E-state index is 0.118. The summed E-state index contributed by atoms with van der Waals surface area (Å²) in [5, 5.41) is 0. The largest absolute Gasteiger partial charge is 0.463 e. The monoisotopic (exact) mass is 553 g/mol. The maximum atomic E-state index is 14.2. The van der Waals surface area contributed by atoms with Gasteiger partial charge in [-0.2, -0.15) is 0 Å². The Labute approximate surface area is 232 Å². The Hall–Kier alpha value is -4.63. The Morgan fingerprint density at radius 1 is 0.975 bits per heavy atom. The number of hydrogen-bond donors (Lipinski definition) is 0. The maximum Gasteiger partial charge on any atom is 0.338 e. The van der Waals surface area contributed by atoms with Crippen molar-refractivity contribution >= 4 is 40.2 Å². The summed E-state index contributed by atoms with van der Waals surface area (Å²) in [5.41, 5.74) is 2.96. The summed E-state index contributed by atoms with van der Waals surface area (Å²) < 4.78 is 21.1. The lowest BCUT2D eigenvalue weighted by atomic mass is 9.93. The second-order valence-corrected chi connectivity index (χ2v) is 10.2. The van der Waals surface area contributed by atoms with Crippen LogP contribution < -0.4 is 19.8 Å². The van der Waals surface area contributed by atoms with Gasteiger partial charge < -0.3 is 9.64 Å². The van der Waals surface area contributed by atoms with Gasteiger partial charge in [0.2, 0.25) is 0 Å². The first-order valence-electron chi connectivity index (χ1n) is 12.9. The standard InChI is InChI=1S/C31H24FN3O4S/c1-3-34-22-13-9-8-12-21(22)23(28(34)36)27-29(37)35-26(19-14-16-20(32)17-15-19)24(30(38)39-4-2)25(33-31(35)40-27)18-10-6-5-7-11-18/h5-17,26H,3-4H2,1-2H3/b27-23+/t26-/m0/s1. The molecule has 0 saturated heterocycles. The molecule has 3 heterocycles. The highest BCUT2D eigenvalue weighted by Gasteiger charge is 2.37. The van der Waals surface area contributed by atoms with Crippen molar-refractivity contribution in [3.05, 3.63) is 127 Å². The Bertz CT molecular complexity index is 1870. The van der Waals surface area contributed by atoms with Crippen molar-refractivity contribution in [2.24, 2.45) is 4.99 Å². The summed E-state index contributed by atoms with van der Waals surface area (Å²) in [7, 11) is 0. The van der Waals surface area contributed by atoms with Crippen molar-refractivity contribution in [2.45, 2.75) is 19.9 Å². The highest BCUT2D eigenvalue weighted by molar-refractivity contribution is 7.07.